The fourth-order valence-corrected chi connectivity index (χ4v) is 3.15. The summed E-state index contributed by atoms with van der Waals surface area (Å²) in [5.74, 6) is 0.762. The SMILES string of the molecule is C=C1CC/C=C(/C)C(=O)C[C@H]2[C@@H]([C@@H]1O)C2(C)C. The minimum Gasteiger partial charge on any atom is -0.388 e. The molecule has 0 unspecified atom stereocenters. The standard InChI is InChI=1S/C15H22O2/c1-9-6-5-7-10(2)14(17)13-11(8-12(9)16)15(13,3)4/h6,11,13-14,17H,2,5,7-8H2,1,3-4H3/b9-6-/t11-,13-,14+/m0/s1. The number of fused-ring (bicyclic) bond motifs is 1. The summed E-state index contributed by atoms with van der Waals surface area (Å²) in [7, 11) is 0. The van der Waals surface area contributed by atoms with Gasteiger partial charge in [0.05, 0.1) is 6.10 Å². The average Bonchev–Trinajstić information content (AvgIpc) is 2.78. The van der Waals surface area contributed by atoms with E-state index in [2.05, 4.69) is 20.4 Å². The third kappa shape index (κ3) is 2.11. The van der Waals surface area contributed by atoms with Crippen LogP contribution in [0.4, 0.5) is 0 Å². The molecule has 0 aliphatic heterocycles. The molecule has 3 atom stereocenters. The minimum atomic E-state index is -0.436. The highest BCUT2D eigenvalue weighted by molar-refractivity contribution is 5.95. The molecule has 0 heterocycles. The molecule has 1 N–H and O–H groups in total. The van der Waals surface area contributed by atoms with Crippen LogP contribution in [0.5, 0.6) is 0 Å². The highest BCUT2D eigenvalue weighted by Crippen LogP contribution is 2.62. The van der Waals surface area contributed by atoms with Crippen molar-refractivity contribution in [1.82, 2.24) is 0 Å². The van der Waals surface area contributed by atoms with E-state index in [1.807, 2.05) is 13.0 Å². The zero-order chi connectivity index (χ0) is 12.8. The molecule has 0 spiro atoms. The van der Waals surface area contributed by atoms with Gasteiger partial charge in [0.1, 0.15) is 0 Å². The van der Waals surface area contributed by atoms with Gasteiger partial charge >= 0.3 is 0 Å². The van der Waals surface area contributed by atoms with E-state index in [9.17, 15) is 9.90 Å². The van der Waals surface area contributed by atoms with E-state index in [0.717, 1.165) is 24.0 Å². The molecule has 0 radical (unpaired) electrons. The van der Waals surface area contributed by atoms with Gasteiger partial charge in [-0.3, -0.25) is 4.79 Å². The maximum absolute atomic E-state index is 12.0. The van der Waals surface area contributed by atoms with Gasteiger partial charge in [0.25, 0.3) is 0 Å². The van der Waals surface area contributed by atoms with Crippen molar-refractivity contribution in [3.05, 3.63) is 23.8 Å². The van der Waals surface area contributed by atoms with Crippen LogP contribution in [0, 0.1) is 17.3 Å². The normalized spacial score (nSPS) is 40.2. The van der Waals surface area contributed by atoms with Crippen molar-refractivity contribution in [2.24, 2.45) is 17.3 Å². The predicted octanol–water partition coefficient (Wildman–Crippen LogP) is 2.88. The van der Waals surface area contributed by atoms with Crippen LogP contribution in [0.25, 0.3) is 0 Å². The molecule has 0 saturated heterocycles. The van der Waals surface area contributed by atoms with Gasteiger partial charge in [0.15, 0.2) is 5.78 Å². The van der Waals surface area contributed by atoms with E-state index in [0.29, 0.717) is 12.3 Å². The Bertz CT molecular complexity index is 390. The summed E-state index contributed by atoms with van der Waals surface area (Å²) in [6.07, 6.45) is 3.71. The van der Waals surface area contributed by atoms with Gasteiger partial charge in [0.2, 0.25) is 0 Å². The Labute approximate surface area is 103 Å². The lowest BCUT2D eigenvalue weighted by molar-refractivity contribution is -0.116. The molecule has 0 amide bonds. The van der Waals surface area contributed by atoms with Crippen LogP contribution in [0.2, 0.25) is 0 Å². The van der Waals surface area contributed by atoms with Crippen molar-refractivity contribution < 1.29 is 9.90 Å². The summed E-state index contributed by atoms with van der Waals surface area (Å²) >= 11 is 0. The van der Waals surface area contributed by atoms with E-state index in [4.69, 9.17) is 0 Å². The van der Waals surface area contributed by atoms with E-state index in [-0.39, 0.29) is 17.1 Å². The molecule has 94 valence electrons. The van der Waals surface area contributed by atoms with Crippen molar-refractivity contribution >= 4 is 5.78 Å². The molecule has 0 aromatic heterocycles. The third-order valence-corrected chi connectivity index (χ3v) is 4.66. The lowest BCUT2D eigenvalue weighted by Crippen LogP contribution is -2.17. The molecule has 2 aliphatic rings. The van der Waals surface area contributed by atoms with Crippen molar-refractivity contribution in [3.8, 4) is 0 Å². The minimum absolute atomic E-state index is 0.0721. The van der Waals surface area contributed by atoms with Gasteiger partial charge in [-0.1, -0.05) is 26.5 Å². The molecular formula is C15H22O2. The van der Waals surface area contributed by atoms with Gasteiger partial charge in [0, 0.05) is 6.42 Å². The van der Waals surface area contributed by atoms with Crippen LogP contribution < -0.4 is 0 Å². The largest absolute Gasteiger partial charge is 0.388 e. The highest BCUT2D eigenvalue weighted by atomic mass is 16.3. The lowest BCUT2D eigenvalue weighted by Gasteiger charge is -2.15. The summed E-state index contributed by atoms with van der Waals surface area (Å²) < 4.78 is 0. The molecular weight excluding hydrogens is 212 g/mol. The Morgan fingerprint density at radius 1 is 1.47 bits per heavy atom. The first-order chi connectivity index (χ1) is 7.85. The summed E-state index contributed by atoms with van der Waals surface area (Å²) in [6.45, 7) is 10.2. The topological polar surface area (TPSA) is 37.3 Å². The van der Waals surface area contributed by atoms with Gasteiger partial charge < -0.3 is 5.11 Å². The Kier molecular flexibility index (Phi) is 3.03. The van der Waals surface area contributed by atoms with Crippen LogP contribution in [0.3, 0.4) is 0 Å². The lowest BCUT2D eigenvalue weighted by atomic mass is 9.95. The first-order valence-electron chi connectivity index (χ1n) is 6.41. The Morgan fingerprint density at radius 2 is 2.12 bits per heavy atom. The van der Waals surface area contributed by atoms with Crippen molar-refractivity contribution in [2.75, 3.05) is 0 Å². The van der Waals surface area contributed by atoms with Gasteiger partial charge in [-0.2, -0.15) is 0 Å². The number of Topliss-reactive ketones (excluding diaryl/α,β-unsaturated/α-hetero) is 1. The average molecular weight is 234 g/mol. The van der Waals surface area contributed by atoms with Gasteiger partial charge in [-0.15, -0.1) is 0 Å². The zero-order valence-corrected chi connectivity index (χ0v) is 11.0. The van der Waals surface area contributed by atoms with Crippen LogP contribution in [-0.2, 0) is 4.79 Å². The third-order valence-electron chi connectivity index (χ3n) is 4.66. The number of allylic oxidation sites excluding steroid dienone is 2. The van der Waals surface area contributed by atoms with E-state index in [1.54, 1.807) is 0 Å². The fraction of sp³-hybridized carbons (Fsp3) is 0.667. The van der Waals surface area contributed by atoms with Crippen molar-refractivity contribution in [1.29, 1.82) is 0 Å². The second-order valence-corrected chi connectivity index (χ2v) is 6.11. The Morgan fingerprint density at radius 3 is 2.76 bits per heavy atom. The number of aliphatic hydroxyl groups excluding tert-OH is 1. The summed E-state index contributed by atoms with van der Waals surface area (Å²) in [5.41, 5.74) is 1.86. The monoisotopic (exact) mass is 234 g/mol. The molecule has 1 saturated carbocycles. The smallest absolute Gasteiger partial charge is 0.158 e. The number of ketones is 1. The quantitative estimate of drug-likeness (QED) is 0.654. The molecule has 2 nitrogen and oxygen atoms in total. The van der Waals surface area contributed by atoms with E-state index >= 15 is 0 Å². The Hall–Kier alpha value is -0.890. The van der Waals surface area contributed by atoms with Crippen LogP contribution >= 0.6 is 0 Å². The van der Waals surface area contributed by atoms with E-state index in [1.165, 1.54) is 0 Å². The maximum atomic E-state index is 12.0. The molecule has 0 aromatic rings. The molecule has 0 aromatic carbocycles. The first kappa shape index (κ1) is 12.6. The zero-order valence-electron chi connectivity index (χ0n) is 11.0. The van der Waals surface area contributed by atoms with Crippen LogP contribution in [-0.4, -0.2) is 17.0 Å². The number of hydrogen-bond donors (Lipinski definition) is 1. The molecule has 17 heavy (non-hydrogen) atoms. The molecule has 1 fully saturated rings. The molecule has 2 aliphatic carbocycles. The number of aliphatic hydroxyl groups is 1. The second-order valence-electron chi connectivity index (χ2n) is 6.11. The van der Waals surface area contributed by atoms with Crippen LogP contribution in [0.1, 0.15) is 40.0 Å². The number of rotatable bonds is 0. The number of carbonyl (C=O) groups excluding carboxylic acids is 1. The van der Waals surface area contributed by atoms with E-state index < -0.39 is 6.10 Å². The van der Waals surface area contributed by atoms with Gasteiger partial charge in [-0.05, 0) is 48.2 Å². The van der Waals surface area contributed by atoms with Crippen molar-refractivity contribution in [3.63, 3.8) is 0 Å². The molecule has 2 rings (SSSR count). The summed E-state index contributed by atoms with van der Waals surface area (Å²) in [6, 6.07) is 0. The van der Waals surface area contributed by atoms with Crippen LogP contribution in [0.15, 0.2) is 23.8 Å². The summed E-state index contributed by atoms with van der Waals surface area (Å²) in [5, 5.41) is 10.3. The molecule has 2 heteroatoms. The Balaban J connectivity index is 2.25. The molecule has 0 bridgehead atoms. The highest BCUT2D eigenvalue weighted by Gasteiger charge is 2.61. The summed E-state index contributed by atoms with van der Waals surface area (Å²) in [4.78, 5) is 12.0. The second kappa shape index (κ2) is 4.09. The number of hydrogen-bond acceptors (Lipinski definition) is 2. The number of carbonyl (C=O) groups is 1. The van der Waals surface area contributed by atoms with Gasteiger partial charge in [-0.25, -0.2) is 0 Å². The first-order valence-corrected chi connectivity index (χ1v) is 6.41. The predicted molar refractivity (Wildman–Crippen MR) is 68.5 cm³/mol. The fourth-order valence-electron chi connectivity index (χ4n) is 3.15. The van der Waals surface area contributed by atoms with Crippen molar-refractivity contribution in [2.45, 2.75) is 46.1 Å². The maximum Gasteiger partial charge on any atom is 0.158 e.